The van der Waals surface area contributed by atoms with Crippen molar-refractivity contribution in [3.63, 3.8) is 0 Å². The van der Waals surface area contributed by atoms with Crippen molar-refractivity contribution >= 4 is 23.4 Å². The van der Waals surface area contributed by atoms with Crippen molar-refractivity contribution in [3.8, 4) is 22.8 Å². The monoisotopic (exact) mass is 626 g/mol. The molecule has 1 aliphatic rings. The SMILES string of the molecule is COc1ccc(N2CCN(Cc3oc(-c4ccc(C(F)(F)F)cc4)cc3CSc3ccc(OCC(=O)O)c(C)c3)CC2)cc1. The first-order valence-corrected chi connectivity index (χ1v) is 15.1. The van der Waals surface area contributed by atoms with Crippen molar-refractivity contribution in [2.24, 2.45) is 0 Å². The van der Waals surface area contributed by atoms with E-state index >= 15 is 0 Å². The van der Waals surface area contributed by atoms with Gasteiger partial charge in [0.15, 0.2) is 6.61 Å². The van der Waals surface area contributed by atoms with Crippen LogP contribution in [-0.2, 0) is 23.3 Å². The lowest BCUT2D eigenvalue weighted by Crippen LogP contribution is -2.46. The summed E-state index contributed by atoms with van der Waals surface area (Å²) in [6.45, 7) is 5.37. The van der Waals surface area contributed by atoms with Gasteiger partial charge in [0.05, 0.1) is 19.2 Å². The van der Waals surface area contributed by atoms with Crippen LogP contribution in [0.25, 0.3) is 11.3 Å². The highest BCUT2D eigenvalue weighted by Gasteiger charge is 2.30. The smallest absolute Gasteiger partial charge is 0.416 e. The number of methoxy groups -OCH3 is 1. The first kappa shape index (κ1) is 31.3. The van der Waals surface area contributed by atoms with Crippen molar-refractivity contribution in [3.05, 3.63) is 95.2 Å². The van der Waals surface area contributed by atoms with Crippen LogP contribution in [0.4, 0.5) is 18.9 Å². The molecule has 0 amide bonds. The van der Waals surface area contributed by atoms with Gasteiger partial charge in [0, 0.05) is 53.6 Å². The Hall–Kier alpha value is -4.09. The van der Waals surface area contributed by atoms with Crippen molar-refractivity contribution in [2.45, 2.75) is 30.3 Å². The molecule has 3 aromatic carbocycles. The van der Waals surface area contributed by atoms with E-state index in [1.165, 1.54) is 12.1 Å². The highest BCUT2D eigenvalue weighted by molar-refractivity contribution is 7.98. The Balaban J connectivity index is 1.31. The molecule has 1 N–H and O–H groups in total. The third-order valence-electron chi connectivity index (χ3n) is 7.46. The van der Waals surface area contributed by atoms with Crippen LogP contribution in [-0.4, -0.2) is 55.9 Å². The maximum atomic E-state index is 13.1. The molecule has 7 nitrogen and oxygen atoms in total. The Kier molecular flexibility index (Phi) is 9.75. The molecule has 0 atom stereocenters. The van der Waals surface area contributed by atoms with Crippen LogP contribution < -0.4 is 14.4 Å². The Morgan fingerprint density at radius 3 is 2.30 bits per heavy atom. The number of benzene rings is 3. The number of halogens is 3. The molecule has 11 heteroatoms. The van der Waals surface area contributed by atoms with E-state index < -0.39 is 24.3 Å². The Morgan fingerprint density at radius 2 is 1.68 bits per heavy atom. The number of carbonyl (C=O) groups is 1. The van der Waals surface area contributed by atoms with Gasteiger partial charge >= 0.3 is 12.1 Å². The molecule has 1 aliphatic heterocycles. The number of rotatable bonds is 11. The Bertz CT molecular complexity index is 1560. The number of thioether (sulfide) groups is 1. The number of aryl methyl sites for hydroxylation is 1. The number of nitrogens with zero attached hydrogens (tertiary/aromatic N) is 2. The van der Waals surface area contributed by atoms with E-state index in [0.717, 1.165) is 71.5 Å². The summed E-state index contributed by atoms with van der Waals surface area (Å²) in [6, 6.07) is 20.5. The maximum absolute atomic E-state index is 13.1. The standard InChI is InChI=1S/C33H33F3N2O5S/c1-22-17-28(11-12-29(22)42-20-32(39)40)44-21-24-18-30(23-3-5-25(6-4-23)33(34,35)36)43-31(24)19-37-13-15-38(16-14-37)26-7-9-27(41-2)10-8-26/h3-12,17-18H,13-16,19-21H2,1-2H3,(H,39,40). The van der Waals surface area contributed by atoms with Gasteiger partial charge in [0.1, 0.15) is 23.0 Å². The minimum atomic E-state index is -4.41. The van der Waals surface area contributed by atoms with Gasteiger partial charge in [0.25, 0.3) is 0 Å². The van der Waals surface area contributed by atoms with Crippen LogP contribution in [0, 0.1) is 6.92 Å². The average molecular weight is 627 g/mol. The first-order chi connectivity index (χ1) is 21.1. The molecule has 4 aromatic rings. The molecule has 1 fully saturated rings. The topological polar surface area (TPSA) is 75.4 Å². The Morgan fingerprint density at radius 1 is 0.977 bits per heavy atom. The summed E-state index contributed by atoms with van der Waals surface area (Å²) in [6.07, 6.45) is -4.41. The minimum Gasteiger partial charge on any atom is -0.497 e. The first-order valence-electron chi connectivity index (χ1n) is 14.1. The lowest BCUT2D eigenvalue weighted by atomic mass is 10.1. The summed E-state index contributed by atoms with van der Waals surface area (Å²) >= 11 is 1.59. The molecule has 0 aliphatic carbocycles. The van der Waals surface area contributed by atoms with Gasteiger partial charge in [-0.05, 0) is 73.2 Å². The molecule has 0 radical (unpaired) electrons. The van der Waals surface area contributed by atoms with Crippen molar-refractivity contribution in [1.29, 1.82) is 0 Å². The molecule has 44 heavy (non-hydrogen) atoms. The molecule has 1 aromatic heterocycles. The minimum absolute atomic E-state index is 0.410. The van der Waals surface area contributed by atoms with E-state index in [0.29, 0.717) is 29.4 Å². The largest absolute Gasteiger partial charge is 0.497 e. The summed E-state index contributed by atoms with van der Waals surface area (Å²) in [5.41, 5.74) is 2.80. The summed E-state index contributed by atoms with van der Waals surface area (Å²) < 4.78 is 56.3. The number of carboxylic acids is 1. The number of piperazine rings is 1. The van der Waals surface area contributed by atoms with Crippen LogP contribution in [0.1, 0.15) is 22.5 Å². The van der Waals surface area contributed by atoms with Crippen LogP contribution in [0.5, 0.6) is 11.5 Å². The predicted molar refractivity (Wildman–Crippen MR) is 164 cm³/mol. The second-order valence-electron chi connectivity index (χ2n) is 10.5. The number of anilines is 1. The van der Waals surface area contributed by atoms with Gasteiger partial charge < -0.3 is 23.9 Å². The normalized spacial score (nSPS) is 14.1. The Labute approximate surface area is 258 Å². The number of ether oxygens (including phenoxy) is 2. The predicted octanol–water partition coefficient (Wildman–Crippen LogP) is 7.36. The fourth-order valence-electron chi connectivity index (χ4n) is 5.02. The summed E-state index contributed by atoms with van der Waals surface area (Å²) in [5.74, 6) is 2.18. The van der Waals surface area contributed by atoms with Crippen LogP contribution >= 0.6 is 11.8 Å². The van der Waals surface area contributed by atoms with E-state index in [2.05, 4.69) is 21.9 Å². The number of hydrogen-bond donors (Lipinski definition) is 1. The zero-order valence-electron chi connectivity index (χ0n) is 24.4. The number of hydrogen-bond acceptors (Lipinski definition) is 7. The van der Waals surface area contributed by atoms with Gasteiger partial charge in [0.2, 0.25) is 0 Å². The van der Waals surface area contributed by atoms with E-state index in [-0.39, 0.29) is 0 Å². The number of aliphatic carboxylic acids is 1. The van der Waals surface area contributed by atoms with Gasteiger partial charge in [-0.1, -0.05) is 12.1 Å². The number of carboxylic acid groups (broad SMARTS) is 1. The zero-order chi connectivity index (χ0) is 31.3. The molecule has 0 unspecified atom stereocenters. The van der Waals surface area contributed by atoms with Gasteiger partial charge in [-0.3, -0.25) is 4.90 Å². The fraction of sp³-hybridized carbons (Fsp3) is 0.303. The number of furan rings is 1. The molecule has 5 rings (SSSR count). The van der Waals surface area contributed by atoms with E-state index in [4.69, 9.17) is 19.0 Å². The third-order valence-corrected chi connectivity index (χ3v) is 8.50. The molecular formula is C33H33F3N2O5S. The van der Waals surface area contributed by atoms with Crippen LogP contribution in [0.3, 0.4) is 0 Å². The second-order valence-corrected chi connectivity index (χ2v) is 11.5. The lowest BCUT2D eigenvalue weighted by Gasteiger charge is -2.35. The van der Waals surface area contributed by atoms with Gasteiger partial charge in [-0.15, -0.1) is 11.8 Å². The maximum Gasteiger partial charge on any atom is 0.416 e. The molecule has 2 heterocycles. The van der Waals surface area contributed by atoms with Crippen molar-refractivity contribution in [2.75, 3.05) is 44.8 Å². The second kappa shape index (κ2) is 13.7. The molecule has 232 valence electrons. The summed E-state index contributed by atoms with van der Waals surface area (Å²) in [5, 5.41) is 8.89. The van der Waals surface area contributed by atoms with Gasteiger partial charge in [-0.2, -0.15) is 13.2 Å². The molecule has 0 spiro atoms. The molecule has 0 bridgehead atoms. The van der Waals surface area contributed by atoms with Crippen molar-refractivity contribution < 1.29 is 37.0 Å². The summed E-state index contributed by atoms with van der Waals surface area (Å²) in [4.78, 5) is 16.5. The summed E-state index contributed by atoms with van der Waals surface area (Å²) in [7, 11) is 1.65. The number of alkyl halides is 3. The zero-order valence-corrected chi connectivity index (χ0v) is 25.2. The van der Waals surface area contributed by atoms with Crippen LogP contribution in [0.15, 0.2) is 82.1 Å². The van der Waals surface area contributed by atoms with Crippen LogP contribution in [0.2, 0.25) is 0 Å². The lowest BCUT2D eigenvalue weighted by molar-refractivity contribution is -0.139. The molecule has 0 saturated carbocycles. The molecular weight excluding hydrogens is 593 g/mol. The van der Waals surface area contributed by atoms with Gasteiger partial charge in [-0.25, -0.2) is 4.79 Å². The quantitative estimate of drug-likeness (QED) is 0.173. The van der Waals surface area contributed by atoms with E-state index in [1.54, 1.807) is 24.9 Å². The highest BCUT2D eigenvalue weighted by Crippen LogP contribution is 2.35. The van der Waals surface area contributed by atoms with E-state index in [9.17, 15) is 18.0 Å². The highest BCUT2D eigenvalue weighted by atomic mass is 32.2. The van der Waals surface area contributed by atoms with Crippen molar-refractivity contribution in [1.82, 2.24) is 4.90 Å². The average Bonchev–Trinajstić information content (AvgIpc) is 3.42. The van der Waals surface area contributed by atoms with E-state index in [1.807, 2.05) is 37.3 Å². The fourth-order valence-corrected chi connectivity index (χ4v) is 6.01. The molecule has 1 saturated heterocycles. The third kappa shape index (κ3) is 7.89.